The molecule has 2 amide bonds. The van der Waals surface area contributed by atoms with E-state index >= 15 is 0 Å². The van der Waals surface area contributed by atoms with Gasteiger partial charge >= 0.3 is 11.9 Å². The molecule has 5 N–H and O–H groups in total. The number of non-ortho nitro benzene ring substituents is 2. The van der Waals surface area contributed by atoms with Gasteiger partial charge in [0.15, 0.2) is 0 Å². The first-order valence-electron chi connectivity index (χ1n) is 25.5. The van der Waals surface area contributed by atoms with E-state index in [1.54, 1.807) is 36.4 Å². The fourth-order valence-corrected chi connectivity index (χ4v) is 10.1. The maximum absolute atomic E-state index is 13.1. The summed E-state index contributed by atoms with van der Waals surface area (Å²) in [6.45, 7) is 0.920. The Morgan fingerprint density at radius 1 is 0.588 bits per heavy atom. The van der Waals surface area contributed by atoms with Gasteiger partial charge in [0, 0.05) is 73.2 Å². The Labute approximate surface area is 527 Å². The van der Waals surface area contributed by atoms with Gasteiger partial charge in [-0.2, -0.15) is 27.0 Å². The lowest BCUT2D eigenvalue weighted by atomic mass is 9.99. The largest absolute Gasteiger partial charge is 0.493 e. The third-order valence-corrected chi connectivity index (χ3v) is 14.5. The van der Waals surface area contributed by atoms with Crippen LogP contribution in [0, 0.1) is 20.2 Å². The molecule has 8 rings (SSSR count). The first-order valence-corrected chi connectivity index (χ1v) is 27.5. The van der Waals surface area contributed by atoms with Crippen LogP contribution < -0.4 is 31.2 Å². The molecule has 2 aliphatic rings. The summed E-state index contributed by atoms with van der Waals surface area (Å²) in [4.78, 5) is 95.1. The van der Waals surface area contributed by atoms with E-state index < -0.39 is 45.7 Å². The Balaban J connectivity index is 0.000000303. The molecule has 0 aliphatic carbocycles. The minimum atomic E-state index is -1.12. The van der Waals surface area contributed by atoms with Gasteiger partial charge in [-0.1, -0.05) is 107 Å². The van der Waals surface area contributed by atoms with Crippen molar-refractivity contribution < 1.29 is 57.6 Å². The van der Waals surface area contributed by atoms with Gasteiger partial charge < -0.3 is 40.6 Å². The Morgan fingerprint density at radius 2 is 0.988 bits per heavy atom. The third kappa shape index (κ3) is 19.8. The number of nitrogens with zero attached hydrogens (tertiary/aromatic N) is 2. The number of nitro benzene ring substituents is 2. The van der Waals surface area contributed by atoms with Crippen LogP contribution >= 0.6 is 85.0 Å². The van der Waals surface area contributed by atoms with E-state index in [-0.39, 0.29) is 131 Å². The number of esters is 2. The average molecular weight is 1310 g/mol. The standard InChI is InChI=1S/C29H27Cl2N3O7.C20H18Cl3NO4.C9H10N2O3.2H2S/c1-40-29(37)25(33-28(36)27-22(30)13-18(14-23(27)31)17-5-3-2-4-6-17)9-8-20(35)16-32-24-11-12-41-26-10-7-19(34(38)39)15-21(24)26;1-28-20(27)17(8-7-14(25)11-21)24-19(26)18-15(22)9-13(10-16(18)23)12-5-3-2-4-6-12;10-8-3-4-14-9-2-1-6(11(12)13)5-7(8)9;;/h2-7,10,13-15,24-25,32H,8-9,11-12,16H2,1H3,(H,33,36);2-6,9-10,17H,7-8,11H2,1H3,(H,24,26);1-2,5,8H,3-4,10H2;2*1H2/t24?,25-;17-;;;/m00.../s1. The monoisotopic (exact) mass is 1300 g/mol. The van der Waals surface area contributed by atoms with Gasteiger partial charge in [0.1, 0.15) is 35.1 Å². The van der Waals surface area contributed by atoms with E-state index in [2.05, 4.69) is 20.7 Å². The molecule has 2 aliphatic heterocycles. The molecular weight excluding hydrogens is 1250 g/mol. The topological polar surface area (TPSA) is 288 Å². The maximum Gasteiger partial charge on any atom is 0.328 e. The summed E-state index contributed by atoms with van der Waals surface area (Å²) < 4.78 is 20.4. The summed E-state index contributed by atoms with van der Waals surface area (Å²) in [6, 6.07) is 31.5. The summed E-state index contributed by atoms with van der Waals surface area (Å²) in [7, 11) is 2.38. The molecule has 27 heteroatoms. The minimum Gasteiger partial charge on any atom is -0.493 e. The lowest BCUT2D eigenvalue weighted by Crippen LogP contribution is -2.42. The van der Waals surface area contributed by atoms with Gasteiger partial charge in [0.05, 0.1) is 80.9 Å². The second-order valence-electron chi connectivity index (χ2n) is 18.5. The second-order valence-corrected chi connectivity index (χ2v) is 20.4. The summed E-state index contributed by atoms with van der Waals surface area (Å²) >= 11 is 30.9. The molecule has 2 heterocycles. The Kier molecular flexibility index (Phi) is 28.4. The number of methoxy groups -OCH3 is 2. The van der Waals surface area contributed by atoms with Crippen LogP contribution in [0.4, 0.5) is 11.4 Å². The number of ether oxygens (including phenoxy) is 4. The van der Waals surface area contributed by atoms with E-state index in [0.717, 1.165) is 27.8 Å². The van der Waals surface area contributed by atoms with Crippen LogP contribution in [0.3, 0.4) is 0 Å². The molecule has 0 saturated heterocycles. The van der Waals surface area contributed by atoms with E-state index in [0.29, 0.717) is 43.1 Å². The molecule has 0 fully saturated rings. The molecule has 0 aromatic heterocycles. The van der Waals surface area contributed by atoms with E-state index in [1.165, 1.54) is 38.5 Å². The molecule has 6 aromatic rings. The molecule has 2 unspecified atom stereocenters. The van der Waals surface area contributed by atoms with Crippen molar-refractivity contribution in [2.45, 2.75) is 62.7 Å². The Morgan fingerprint density at radius 3 is 1.40 bits per heavy atom. The minimum absolute atomic E-state index is 0. The number of halogens is 5. The molecule has 0 bridgehead atoms. The highest BCUT2D eigenvalue weighted by Crippen LogP contribution is 2.37. The number of nitrogens with two attached hydrogens (primary N) is 1. The highest BCUT2D eigenvalue weighted by atomic mass is 35.5. The normalized spacial score (nSPS) is 14.2. The fraction of sp³-hybridized carbons (Fsp3) is 0.276. The smallest absolute Gasteiger partial charge is 0.328 e. The Hall–Kier alpha value is -6.99. The van der Waals surface area contributed by atoms with Gasteiger partial charge in [0.25, 0.3) is 23.2 Å². The summed E-state index contributed by atoms with van der Waals surface area (Å²) in [5, 5.41) is 30.4. The quantitative estimate of drug-likeness (QED) is 0.0239. The van der Waals surface area contributed by atoms with Crippen molar-refractivity contribution in [1.82, 2.24) is 16.0 Å². The molecule has 4 atom stereocenters. The molecule has 452 valence electrons. The van der Waals surface area contributed by atoms with Crippen molar-refractivity contribution in [3.8, 4) is 33.8 Å². The molecule has 20 nitrogen and oxygen atoms in total. The van der Waals surface area contributed by atoms with Crippen molar-refractivity contribution in [1.29, 1.82) is 0 Å². The number of ketones is 2. The number of Topliss-reactive ketones (excluding diaryl/α,β-unsaturated/α-hetero) is 2. The number of rotatable bonds is 20. The number of fused-ring (bicyclic) bond motifs is 2. The summed E-state index contributed by atoms with van der Waals surface area (Å²) in [5.41, 5.74) is 10.4. The van der Waals surface area contributed by atoms with Crippen LogP contribution in [0.2, 0.25) is 20.1 Å². The van der Waals surface area contributed by atoms with Crippen LogP contribution in [0.15, 0.2) is 121 Å². The van der Waals surface area contributed by atoms with Crippen molar-refractivity contribution in [2.24, 2.45) is 5.73 Å². The number of carbonyl (C=O) groups is 6. The zero-order valence-corrected chi connectivity index (χ0v) is 51.3. The van der Waals surface area contributed by atoms with Crippen LogP contribution in [0.25, 0.3) is 22.3 Å². The van der Waals surface area contributed by atoms with E-state index in [9.17, 15) is 49.0 Å². The molecule has 0 spiro atoms. The van der Waals surface area contributed by atoms with Gasteiger partial charge in [-0.3, -0.25) is 39.4 Å². The van der Waals surface area contributed by atoms with Crippen LogP contribution in [0.5, 0.6) is 11.5 Å². The van der Waals surface area contributed by atoms with Crippen LogP contribution in [-0.2, 0) is 28.7 Å². The van der Waals surface area contributed by atoms with Gasteiger partial charge in [-0.05, 0) is 71.5 Å². The molecule has 85 heavy (non-hydrogen) atoms. The van der Waals surface area contributed by atoms with Crippen LogP contribution in [0.1, 0.15) is 82.5 Å². The second kappa shape index (κ2) is 34.2. The number of nitrogens with one attached hydrogen (secondary N) is 3. The lowest BCUT2D eigenvalue weighted by Gasteiger charge is -2.26. The first-order chi connectivity index (χ1) is 39.7. The van der Waals surface area contributed by atoms with Crippen molar-refractivity contribution in [2.75, 3.05) is 39.9 Å². The number of hydrogen-bond acceptors (Lipinski definition) is 16. The lowest BCUT2D eigenvalue weighted by molar-refractivity contribution is -0.385. The number of amides is 2. The van der Waals surface area contributed by atoms with Crippen molar-refractivity contribution >= 4 is 132 Å². The molecular formula is C58H59Cl5N6O14S2. The highest BCUT2D eigenvalue weighted by molar-refractivity contribution is 7.59. The SMILES string of the molecule is COC(=O)[C@H](CCC(=O)CCl)NC(=O)c1c(Cl)cc(-c2ccccc2)cc1Cl.COC(=O)[C@H](CCC(=O)CNC1CCOc2ccc([N+](=O)[O-])cc21)NC(=O)c1c(Cl)cc(-c2ccccc2)cc1Cl.NC1CCOc2ccc([N+](=O)[O-])cc21.S.S. The Bertz CT molecular complexity index is 3330. The van der Waals surface area contributed by atoms with Gasteiger partial charge in [0.2, 0.25) is 0 Å². The number of nitro groups is 2. The van der Waals surface area contributed by atoms with Crippen molar-refractivity contribution in [3.05, 3.63) is 184 Å². The zero-order valence-electron chi connectivity index (χ0n) is 45.5. The van der Waals surface area contributed by atoms with Crippen molar-refractivity contribution in [3.63, 3.8) is 0 Å². The summed E-state index contributed by atoms with van der Waals surface area (Å²) in [6.07, 6.45) is 1.23. The first kappa shape index (κ1) is 70.5. The van der Waals surface area contributed by atoms with Gasteiger partial charge in [-0.25, -0.2) is 9.59 Å². The highest BCUT2D eigenvalue weighted by Gasteiger charge is 2.29. The van der Waals surface area contributed by atoms with Gasteiger partial charge in [-0.15, -0.1) is 11.6 Å². The molecule has 0 radical (unpaired) electrons. The average Bonchev–Trinajstić information content (AvgIpc) is 3.35. The molecule has 6 aromatic carbocycles. The summed E-state index contributed by atoms with van der Waals surface area (Å²) in [5.74, 6) is -2.17. The predicted octanol–water partition coefficient (Wildman–Crippen LogP) is 11.4. The fourth-order valence-electron chi connectivity index (χ4n) is 8.65. The number of benzene rings is 6. The maximum atomic E-state index is 13.1. The zero-order chi connectivity index (χ0) is 60.3. The predicted molar refractivity (Wildman–Crippen MR) is 334 cm³/mol. The van der Waals surface area contributed by atoms with E-state index in [4.69, 9.17) is 77.9 Å². The third-order valence-electron chi connectivity index (χ3n) is 13.0. The number of alkyl halides is 1. The number of carbonyl (C=O) groups excluding carboxylic acids is 6. The number of hydrogen-bond donors (Lipinski definition) is 4. The van der Waals surface area contributed by atoms with E-state index in [1.807, 2.05) is 60.7 Å². The van der Waals surface area contributed by atoms with Crippen LogP contribution in [-0.4, -0.2) is 97.1 Å². The molecule has 0 saturated carbocycles.